The monoisotopic (exact) mass is 363 g/mol. The van der Waals surface area contributed by atoms with Gasteiger partial charge in [-0.1, -0.05) is 51.4 Å². The largest absolute Gasteiger partial charge is 0.475 e. The second-order valence-corrected chi connectivity index (χ2v) is 6.80. The van der Waals surface area contributed by atoms with Gasteiger partial charge in [-0.3, -0.25) is 4.98 Å². The quantitative estimate of drug-likeness (QED) is 0.485. The van der Waals surface area contributed by atoms with E-state index < -0.39 is 0 Å². The molecule has 0 aromatic carbocycles. The summed E-state index contributed by atoms with van der Waals surface area (Å²) in [4.78, 5) is 4.12. The predicted octanol–water partition coefficient (Wildman–Crippen LogP) is 4.87. The summed E-state index contributed by atoms with van der Waals surface area (Å²) in [7, 11) is 0. The molecule has 0 saturated carbocycles. The Balaban J connectivity index is 1.50. The van der Waals surface area contributed by atoms with Crippen LogP contribution in [0.1, 0.15) is 64.2 Å². The molecule has 2 rings (SSSR count). The lowest BCUT2D eigenvalue weighted by molar-refractivity contribution is 0.282. The van der Waals surface area contributed by atoms with Crippen molar-refractivity contribution in [1.82, 2.24) is 13.7 Å². The Bertz CT molecular complexity index is 563. The molecule has 0 unspecified atom stereocenters. The van der Waals surface area contributed by atoms with E-state index >= 15 is 0 Å². The van der Waals surface area contributed by atoms with Crippen LogP contribution in [0.3, 0.4) is 0 Å². The van der Waals surface area contributed by atoms with Crippen LogP contribution >= 0.6 is 11.7 Å². The second-order valence-electron chi connectivity index (χ2n) is 6.27. The minimum atomic E-state index is 0.336. The van der Waals surface area contributed by atoms with E-state index in [9.17, 15) is 0 Å². The van der Waals surface area contributed by atoms with Gasteiger partial charge >= 0.3 is 0 Å². The Morgan fingerprint density at radius 1 is 0.880 bits per heavy atom. The van der Waals surface area contributed by atoms with Crippen molar-refractivity contribution in [2.24, 2.45) is 0 Å². The van der Waals surface area contributed by atoms with E-state index in [0.717, 1.165) is 24.1 Å². The van der Waals surface area contributed by atoms with E-state index in [1.54, 1.807) is 12.4 Å². The second kappa shape index (κ2) is 12.8. The van der Waals surface area contributed by atoms with Gasteiger partial charge in [-0.05, 0) is 25.0 Å². The fraction of sp³-hybridized carbons (Fsp3) is 0.632. The first-order valence-electron chi connectivity index (χ1n) is 9.38. The third-order valence-corrected chi connectivity index (χ3v) is 4.70. The number of hydrogen-bond acceptors (Lipinski definition) is 6. The van der Waals surface area contributed by atoms with Crippen LogP contribution in [0.25, 0.3) is 11.3 Å². The van der Waals surface area contributed by atoms with Crippen LogP contribution in [0, 0.1) is 0 Å². The Kier molecular flexibility index (Phi) is 10.1. The molecule has 0 atom stereocenters. The first-order valence-corrected chi connectivity index (χ1v) is 10.1. The van der Waals surface area contributed by atoms with Crippen molar-refractivity contribution < 1.29 is 9.84 Å². The van der Waals surface area contributed by atoms with Gasteiger partial charge in [0, 0.05) is 24.6 Å². The summed E-state index contributed by atoms with van der Waals surface area (Å²) in [6.07, 6.45) is 15.7. The number of nitrogens with zero attached hydrogens (tertiary/aromatic N) is 3. The standard InChI is InChI=1S/C19H29N3O2S/c23-14-9-7-5-3-1-2-4-6-8-10-15-24-19-18(21-25-22-19)17-12-11-13-20-16-17/h11-13,16,23H,1-10,14-15H2. The Hall–Kier alpha value is -1.53. The fourth-order valence-corrected chi connectivity index (χ4v) is 3.27. The fourth-order valence-electron chi connectivity index (χ4n) is 2.75. The average Bonchev–Trinajstić information content (AvgIpc) is 3.12. The van der Waals surface area contributed by atoms with Crippen LogP contribution in [0.2, 0.25) is 0 Å². The maximum atomic E-state index is 8.72. The van der Waals surface area contributed by atoms with Crippen molar-refractivity contribution in [2.75, 3.05) is 13.2 Å². The van der Waals surface area contributed by atoms with Crippen LogP contribution in [0.4, 0.5) is 0 Å². The molecule has 5 nitrogen and oxygen atoms in total. The lowest BCUT2D eigenvalue weighted by Gasteiger charge is -2.05. The highest BCUT2D eigenvalue weighted by molar-refractivity contribution is 6.99. The van der Waals surface area contributed by atoms with Crippen molar-refractivity contribution >= 4 is 11.7 Å². The highest BCUT2D eigenvalue weighted by atomic mass is 32.1. The summed E-state index contributed by atoms with van der Waals surface area (Å²) >= 11 is 1.18. The summed E-state index contributed by atoms with van der Waals surface area (Å²) in [5.41, 5.74) is 1.74. The number of unbranched alkanes of at least 4 members (excludes halogenated alkanes) is 9. The van der Waals surface area contributed by atoms with E-state index in [1.165, 1.54) is 63.1 Å². The number of aliphatic hydroxyl groups excluding tert-OH is 1. The molecule has 0 bridgehead atoms. The van der Waals surface area contributed by atoms with Crippen LogP contribution in [-0.4, -0.2) is 32.1 Å². The molecule has 6 heteroatoms. The average molecular weight is 364 g/mol. The van der Waals surface area contributed by atoms with Gasteiger partial charge in [0.15, 0.2) is 0 Å². The zero-order valence-electron chi connectivity index (χ0n) is 14.9. The molecule has 25 heavy (non-hydrogen) atoms. The molecule has 0 fully saturated rings. The van der Waals surface area contributed by atoms with Gasteiger partial charge in [0.1, 0.15) is 5.69 Å². The third-order valence-electron chi connectivity index (χ3n) is 4.18. The van der Waals surface area contributed by atoms with Gasteiger partial charge in [-0.2, -0.15) is 4.37 Å². The highest BCUT2D eigenvalue weighted by Crippen LogP contribution is 2.27. The van der Waals surface area contributed by atoms with Crippen molar-refractivity contribution in [3.8, 4) is 17.1 Å². The first-order chi connectivity index (χ1) is 12.4. The van der Waals surface area contributed by atoms with E-state index in [4.69, 9.17) is 9.84 Å². The number of rotatable bonds is 14. The van der Waals surface area contributed by atoms with Gasteiger partial charge in [-0.25, -0.2) is 0 Å². The smallest absolute Gasteiger partial charge is 0.254 e. The number of pyridine rings is 1. The molecule has 0 radical (unpaired) electrons. The Morgan fingerprint density at radius 3 is 2.20 bits per heavy atom. The van der Waals surface area contributed by atoms with Crippen molar-refractivity contribution in [3.63, 3.8) is 0 Å². The molecular weight excluding hydrogens is 334 g/mol. The molecule has 2 heterocycles. The number of hydrogen-bond donors (Lipinski definition) is 1. The van der Waals surface area contributed by atoms with Crippen LogP contribution in [0.5, 0.6) is 5.88 Å². The summed E-state index contributed by atoms with van der Waals surface area (Å²) in [5.74, 6) is 0.626. The molecule has 0 aliphatic carbocycles. The Labute approximate surface area is 154 Å². The normalized spacial score (nSPS) is 10.9. The van der Waals surface area contributed by atoms with Crippen LogP contribution in [0.15, 0.2) is 24.5 Å². The van der Waals surface area contributed by atoms with Crippen molar-refractivity contribution in [3.05, 3.63) is 24.5 Å². The zero-order chi connectivity index (χ0) is 17.6. The third kappa shape index (κ3) is 7.92. The SMILES string of the molecule is OCCCCCCCCCCCCOc1nsnc1-c1cccnc1. The van der Waals surface area contributed by atoms with E-state index in [-0.39, 0.29) is 0 Å². The maximum absolute atomic E-state index is 8.72. The Morgan fingerprint density at radius 2 is 1.56 bits per heavy atom. The van der Waals surface area contributed by atoms with E-state index in [0.29, 0.717) is 19.1 Å². The highest BCUT2D eigenvalue weighted by Gasteiger charge is 2.11. The molecule has 0 amide bonds. The van der Waals surface area contributed by atoms with Crippen molar-refractivity contribution in [2.45, 2.75) is 64.2 Å². The first kappa shape index (κ1) is 19.8. The van der Waals surface area contributed by atoms with Gasteiger partial charge in [0.05, 0.1) is 18.3 Å². The molecular formula is C19H29N3O2S. The van der Waals surface area contributed by atoms with Gasteiger partial charge < -0.3 is 9.84 Å². The molecule has 138 valence electrons. The minimum Gasteiger partial charge on any atom is -0.475 e. The minimum absolute atomic E-state index is 0.336. The summed E-state index contributed by atoms with van der Waals surface area (Å²) in [6.45, 7) is 1.03. The molecule has 0 aliphatic heterocycles. The number of aromatic nitrogens is 3. The summed E-state index contributed by atoms with van der Waals surface area (Å²) < 4.78 is 14.4. The summed E-state index contributed by atoms with van der Waals surface area (Å²) in [5, 5.41) is 8.72. The molecule has 1 N–H and O–H groups in total. The number of ether oxygens (including phenoxy) is 1. The maximum Gasteiger partial charge on any atom is 0.254 e. The number of aliphatic hydroxyl groups is 1. The van der Waals surface area contributed by atoms with Crippen LogP contribution in [-0.2, 0) is 0 Å². The van der Waals surface area contributed by atoms with Gasteiger partial charge in [0.2, 0.25) is 0 Å². The van der Waals surface area contributed by atoms with Gasteiger partial charge in [0.25, 0.3) is 5.88 Å². The summed E-state index contributed by atoms with van der Waals surface area (Å²) in [6, 6.07) is 3.87. The topological polar surface area (TPSA) is 68.1 Å². The lowest BCUT2D eigenvalue weighted by atomic mass is 10.1. The molecule has 0 saturated heterocycles. The van der Waals surface area contributed by atoms with E-state index in [1.807, 2.05) is 12.1 Å². The van der Waals surface area contributed by atoms with Crippen LogP contribution < -0.4 is 4.74 Å². The molecule has 2 aromatic rings. The van der Waals surface area contributed by atoms with Crippen molar-refractivity contribution in [1.29, 1.82) is 0 Å². The molecule has 0 spiro atoms. The predicted molar refractivity (Wildman–Crippen MR) is 102 cm³/mol. The molecule has 0 aliphatic rings. The zero-order valence-corrected chi connectivity index (χ0v) is 15.7. The van der Waals surface area contributed by atoms with E-state index in [2.05, 4.69) is 13.7 Å². The van der Waals surface area contributed by atoms with Gasteiger partial charge in [-0.15, -0.1) is 4.37 Å². The molecule has 2 aromatic heterocycles. The lowest BCUT2D eigenvalue weighted by Crippen LogP contribution is -1.99.